The highest BCUT2D eigenvalue weighted by molar-refractivity contribution is 7.52. The van der Waals surface area contributed by atoms with Crippen molar-refractivity contribution in [3.63, 3.8) is 0 Å². The van der Waals surface area contributed by atoms with Crippen molar-refractivity contribution in [3.8, 4) is 5.75 Å². The molecule has 1 aromatic carbocycles. The summed E-state index contributed by atoms with van der Waals surface area (Å²) in [7, 11) is -4.51. The van der Waals surface area contributed by atoms with E-state index >= 15 is 0 Å². The van der Waals surface area contributed by atoms with Gasteiger partial charge in [0.1, 0.15) is 29.6 Å². The van der Waals surface area contributed by atoms with E-state index in [1.54, 1.807) is 32.0 Å². The second-order valence-corrected chi connectivity index (χ2v) is 10.3. The summed E-state index contributed by atoms with van der Waals surface area (Å²) in [5.41, 5.74) is -3.74. The van der Waals surface area contributed by atoms with Crippen LogP contribution in [-0.4, -0.2) is 62.3 Å². The first kappa shape index (κ1) is 26.3. The molecule has 3 rings (SSSR count). The fraction of sp³-hybridized carbons (Fsp3) is 0.500. The zero-order chi connectivity index (χ0) is 27.5. The van der Waals surface area contributed by atoms with Crippen molar-refractivity contribution in [2.45, 2.75) is 63.9 Å². The van der Waals surface area contributed by atoms with Crippen LogP contribution in [0.1, 0.15) is 35.3 Å². The van der Waals surface area contributed by atoms with Crippen molar-refractivity contribution < 1.29 is 39.5 Å². The molecule has 2 heterocycles. The highest BCUT2D eigenvalue weighted by atomic mass is 31.2. The Hall–Kier alpha value is -2.80. The summed E-state index contributed by atoms with van der Waals surface area (Å²) in [6, 6.07) is 7.65. The zero-order valence-electron chi connectivity index (χ0n) is 21.1. The molecule has 0 radical (unpaired) electrons. The number of aromatic amines is 1. The molecule has 198 valence electrons. The first-order valence-corrected chi connectivity index (χ1v) is 12.6. The number of aliphatic hydroxyl groups is 2. The molecular formula is C22H30N3O10P. The van der Waals surface area contributed by atoms with Crippen molar-refractivity contribution >= 4 is 13.7 Å². The van der Waals surface area contributed by atoms with E-state index in [2.05, 4.69) is 5.09 Å². The Kier molecular flexibility index (Phi) is 8.08. The molecule has 1 fully saturated rings. The third-order valence-corrected chi connectivity index (χ3v) is 6.71. The second kappa shape index (κ2) is 11.1. The fourth-order valence-electron chi connectivity index (χ4n) is 3.37. The van der Waals surface area contributed by atoms with E-state index in [4.69, 9.17) is 19.9 Å². The van der Waals surface area contributed by atoms with E-state index < -0.39 is 67.7 Å². The maximum absolute atomic E-state index is 13.7. The molecule has 0 amide bonds. The van der Waals surface area contributed by atoms with Crippen molar-refractivity contribution in [1.29, 1.82) is 0 Å². The SMILES string of the molecule is [2H]C(O[P@@](=O)(N[C@@H](C)C(=O)OC(C)C)Oc1ccccc1)[C@H]1O[C@@H](n2ccc(=O)[nH]c2=O)[C@](C)(O)[C@@H]1O. The van der Waals surface area contributed by atoms with E-state index in [-0.39, 0.29) is 5.75 Å². The number of H-pyrrole nitrogens is 1. The fourth-order valence-corrected chi connectivity index (χ4v) is 4.78. The van der Waals surface area contributed by atoms with Crippen LogP contribution in [0.4, 0.5) is 0 Å². The number of aliphatic hydroxyl groups excluding tert-OH is 1. The molecule has 0 spiro atoms. The maximum Gasteiger partial charge on any atom is 0.459 e. The summed E-state index contributed by atoms with van der Waals surface area (Å²) < 4.78 is 44.5. The highest BCUT2D eigenvalue weighted by Crippen LogP contribution is 2.46. The lowest BCUT2D eigenvalue weighted by molar-refractivity contribution is -0.149. The van der Waals surface area contributed by atoms with Crippen molar-refractivity contribution in [2.24, 2.45) is 0 Å². The van der Waals surface area contributed by atoms with E-state index in [0.29, 0.717) is 0 Å². The molecule has 0 saturated carbocycles. The summed E-state index contributed by atoms with van der Waals surface area (Å²) in [6.07, 6.45) is -4.36. The molecule has 1 aliphatic rings. The Bertz CT molecular complexity index is 1250. The van der Waals surface area contributed by atoms with Gasteiger partial charge < -0.3 is 24.2 Å². The van der Waals surface area contributed by atoms with Gasteiger partial charge in [-0.25, -0.2) is 9.36 Å². The van der Waals surface area contributed by atoms with Crippen LogP contribution in [0.25, 0.3) is 0 Å². The predicted octanol–water partition coefficient (Wildman–Crippen LogP) is 0.679. The summed E-state index contributed by atoms with van der Waals surface area (Å²) in [5, 5.41) is 24.0. The minimum atomic E-state index is -4.51. The van der Waals surface area contributed by atoms with E-state index in [1.165, 1.54) is 19.1 Å². The minimum Gasteiger partial charge on any atom is -0.462 e. The summed E-state index contributed by atoms with van der Waals surface area (Å²) >= 11 is 0. The Morgan fingerprint density at radius 1 is 1.31 bits per heavy atom. The average Bonchev–Trinajstić information content (AvgIpc) is 3.03. The van der Waals surface area contributed by atoms with E-state index in [1.807, 2.05) is 4.98 Å². The monoisotopic (exact) mass is 528 g/mol. The number of benzene rings is 1. The Labute approximate surface area is 208 Å². The van der Waals surface area contributed by atoms with Gasteiger partial charge in [-0.3, -0.25) is 23.7 Å². The second-order valence-electron chi connectivity index (χ2n) is 8.62. The summed E-state index contributed by atoms with van der Waals surface area (Å²) in [6.45, 7) is 3.85. The molecule has 1 saturated heterocycles. The molecule has 0 bridgehead atoms. The van der Waals surface area contributed by atoms with Crippen LogP contribution in [-0.2, 0) is 23.4 Å². The third kappa shape index (κ3) is 6.49. The Morgan fingerprint density at radius 3 is 2.58 bits per heavy atom. The molecule has 2 aromatic rings. The van der Waals surface area contributed by atoms with Crippen LogP contribution >= 0.6 is 7.75 Å². The quantitative estimate of drug-likeness (QED) is 0.252. The standard InChI is InChI=1S/C22H30N3O10P/c1-13(2)33-19(28)14(3)24-36(31,35-15-8-6-5-7-9-15)32-12-16-18(27)22(4,30)20(34-16)25-11-10-17(26)23-21(25)29/h5-11,13-14,16,18,20,27,30H,12H2,1-4H3,(H,24,31)(H,23,26,29)/t14-,16+,18+,20+,22+,36-/m0/s1/i12D/t12?,14-,16+,18+,20+,22+,36-. The normalized spacial score (nSPS) is 27.6. The number of carbonyl (C=O) groups is 1. The topological polar surface area (TPSA) is 178 Å². The largest absolute Gasteiger partial charge is 0.462 e. The maximum atomic E-state index is 13.7. The van der Waals surface area contributed by atoms with Crippen LogP contribution in [0.5, 0.6) is 5.75 Å². The molecular weight excluding hydrogens is 497 g/mol. The van der Waals surface area contributed by atoms with Gasteiger partial charge in [0.05, 0.1) is 14.1 Å². The number of aromatic nitrogens is 2. The number of ether oxygens (including phenoxy) is 2. The first-order chi connectivity index (χ1) is 17.2. The summed E-state index contributed by atoms with van der Waals surface area (Å²) in [5.74, 6) is -0.665. The van der Waals surface area contributed by atoms with Gasteiger partial charge in [-0.2, -0.15) is 5.09 Å². The van der Waals surface area contributed by atoms with Crippen molar-refractivity contribution in [3.05, 3.63) is 63.4 Å². The van der Waals surface area contributed by atoms with Crippen molar-refractivity contribution in [2.75, 3.05) is 6.58 Å². The number of carbonyl (C=O) groups excluding carboxylic acids is 1. The molecule has 1 aliphatic heterocycles. The van der Waals surface area contributed by atoms with Crippen LogP contribution in [0.2, 0.25) is 0 Å². The van der Waals surface area contributed by atoms with Gasteiger partial charge in [0.2, 0.25) is 0 Å². The lowest BCUT2D eigenvalue weighted by atomic mass is 9.96. The van der Waals surface area contributed by atoms with Crippen molar-refractivity contribution in [1.82, 2.24) is 14.6 Å². The predicted molar refractivity (Wildman–Crippen MR) is 126 cm³/mol. The molecule has 1 unspecified atom stereocenters. The number of hydrogen-bond acceptors (Lipinski definition) is 10. The third-order valence-electron chi connectivity index (χ3n) is 5.16. The number of nitrogens with zero attached hydrogens (tertiary/aromatic N) is 1. The molecule has 7 atom stereocenters. The van der Waals surface area contributed by atoms with Crippen LogP contribution in [0.15, 0.2) is 52.2 Å². The summed E-state index contributed by atoms with van der Waals surface area (Å²) in [4.78, 5) is 37.9. The van der Waals surface area contributed by atoms with E-state index in [0.717, 1.165) is 23.8 Å². The van der Waals surface area contributed by atoms with Gasteiger partial charge in [-0.15, -0.1) is 0 Å². The highest BCUT2D eigenvalue weighted by Gasteiger charge is 2.54. The number of esters is 1. The first-order valence-electron chi connectivity index (χ1n) is 11.6. The number of para-hydroxylation sites is 1. The lowest BCUT2D eigenvalue weighted by Gasteiger charge is -2.27. The van der Waals surface area contributed by atoms with Crippen LogP contribution in [0.3, 0.4) is 0 Å². The zero-order valence-corrected chi connectivity index (χ0v) is 21.0. The van der Waals surface area contributed by atoms with Gasteiger partial charge in [-0.1, -0.05) is 18.2 Å². The minimum absolute atomic E-state index is 0.0903. The number of rotatable bonds is 10. The number of nitrogens with one attached hydrogen (secondary N) is 2. The average molecular weight is 528 g/mol. The van der Waals surface area contributed by atoms with E-state index in [9.17, 15) is 29.2 Å². The van der Waals surface area contributed by atoms with Gasteiger partial charge in [0.25, 0.3) is 5.56 Å². The van der Waals surface area contributed by atoms with Crippen LogP contribution < -0.4 is 20.9 Å². The van der Waals surface area contributed by atoms with Crippen LogP contribution in [0, 0.1) is 0 Å². The van der Waals surface area contributed by atoms with Gasteiger partial charge in [-0.05, 0) is 39.8 Å². The molecule has 36 heavy (non-hydrogen) atoms. The molecule has 13 nitrogen and oxygen atoms in total. The molecule has 1 aromatic heterocycles. The number of hydrogen-bond donors (Lipinski definition) is 4. The lowest BCUT2D eigenvalue weighted by Crippen LogP contribution is -2.47. The Balaban J connectivity index is 1.86. The molecule has 14 heteroatoms. The molecule has 0 aliphatic carbocycles. The smallest absolute Gasteiger partial charge is 0.459 e. The van der Waals surface area contributed by atoms with Gasteiger partial charge >= 0.3 is 19.4 Å². The Morgan fingerprint density at radius 2 is 1.97 bits per heavy atom. The molecule has 4 N–H and O–H groups in total. The van der Waals surface area contributed by atoms with Gasteiger partial charge in [0, 0.05) is 12.3 Å². The van der Waals surface area contributed by atoms with Gasteiger partial charge in [0.15, 0.2) is 6.23 Å².